The smallest absolute Gasteiger partial charge is 0.216 e. The Kier molecular flexibility index (Phi) is 6.82. The molecule has 3 aromatic carbocycles. The second kappa shape index (κ2) is 13.2. The standard InChI is InChI=1S/C27H21N2O.C11H8N.Ir/c1-2-7-18(8-3-1)17-20-14-15-22-21-10-6-11-23(26(21)30-27(22)28-20)25-16-13-19-9-4-5-12-24(19)29-25;1-2-6-10(7-3-1)11-8-4-5-9-12-11;/h1-3,6-8,10,13-16H,4-5,9,12,17H2;1-6,8-9H;/q2*-1;/i9D2,12D2,17D2;;. The van der Waals surface area contributed by atoms with Crippen LogP contribution < -0.4 is 0 Å². The first-order chi connectivity index (χ1) is 23.0. The molecule has 7 aromatic rings. The van der Waals surface area contributed by atoms with E-state index in [1.165, 1.54) is 0 Å². The van der Waals surface area contributed by atoms with Crippen LogP contribution in [-0.2, 0) is 39.2 Å². The van der Waals surface area contributed by atoms with Crippen molar-refractivity contribution in [2.24, 2.45) is 0 Å². The molecule has 0 bridgehead atoms. The molecule has 0 unspecified atom stereocenters. The van der Waals surface area contributed by atoms with Crippen LogP contribution >= 0.6 is 0 Å². The van der Waals surface area contributed by atoms with Gasteiger partial charge in [-0.3, -0.25) is 0 Å². The molecule has 5 heteroatoms. The Morgan fingerprint density at radius 1 is 0.744 bits per heavy atom. The van der Waals surface area contributed by atoms with Crippen LogP contribution in [0.25, 0.3) is 44.6 Å². The fraction of sp³-hybridized carbons (Fsp3) is 0.132. The summed E-state index contributed by atoms with van der Waals surface area (Å²) in [4.78, 5) is 13.3. The summed E-state index contributed by atoms with van der Waals surface area (Å²) in [5.74, 6) is 0. The molecule has 4 aromatic heterocycles. The maximum Gasteiger partial charge on any atom is 0.216 e. The van der Waals surface area contributed by atoms with Gasteiger partial charge in [0.1, 0.15) is 0 Å². The number of hydrogen-bond donors (Lipinski definition) is 0. The van der Waals surface area contributed by atoms with E-state index in [0.717, 1.165) is 22.0 Å². The number of nitrogens with zero attached hydrogens (tertiary/aromatic N) is 3. The number of aryl methyl sites for hydroxylation is 2. The fourth-order valence-corrected chi connectivity index (χ4v) is 4.88. The molecule has 0 saturated heterocycles. The minimum atomic E-state index is -1.81. The van der Waals surface area contributed by atoms with E-state index in [1.807, 2.05) is 54.6 Å². The second-order valence-electron chi connectivity index (χ2n) is 9.68. The molecule has 0 amide bonds. The number of hydrogen-bond acceptors (Lipinski definition) is 4. The predicted octanol–water partition coefficient (Wildman–Crippen LogP) is 8.86. The molecule has 43 heavy (non-hydrogen) atoms. The van der Waals surface area contributed by atoms with Crippen molar-refractivity contribution < 1.29 is 32.7 Å². The van der Waals surface area contributed by atoms with Gasteiger partial charge in [-0.15, -0.1) is 54.1 Å². The van der Waals surface area contributed by atoms with Gasteiger partial charge in [0.2, 0.25) is 5.71 Å². The van der Waals surface area contributed by atoms with E-state index in [-0.39, 0.29) is 55.6 Å². The van der Waals surface area contributed by atoms with Gasteiger partial charge in [0.25, 0.3) is 0 Å². The zero-order valence-corrected chi connectivity index (χ0v) is 25.4. The molecule has 0 atom stereocenters. The molecule has 0 fully saturated rings. The molecule has 4 heterocycles. The van der Waals surface area contributed by atoms with Crippen LogP contribution in [0.3, 0.4) is 0 Å². The monoisotopic (exact) mass is 742 g/mol. The average Bonchev–Trinajstić information content (AvgIpc) is 3.50. The number of aromatic nitrogens is 3. The summed E-state index contributed by atoms with van der Waals surface area (Å²) >= 11 is 0. The van der Waals surface area contributed by atoms with Gasteiger partial charge in [-0.2, -0.15) is 0 Å². The van der Waals surface area contributed by atoms with E-state index in [0.29, 0.717) is 22.4 Å². The Morgan fingerprint density at radius 3 is 2.44 bits per heavy atom. The van der Waals surface area contributed by atoms with Crippen molar-refractivity contribution in [3.8, 4) is 22.5 Å². The molecular weight excluding hydrogens is 707 g/mol. The summed E-state index contributed by atoms with van der Waals surface area (Å²) in [5.41, 5.74) is 4.81. The first-order valence-electron chi connectivity index (χ1n) is 16.8. The largest absolute Gasteiger partial charge is 0.486 e. The topological polar surface area (TPSA) is 51.8 Å². The van der Waals surface area contributed by atoms with E-state index in [4.69, 9.17) is 12.6 Å². The predicted molar refractivity (Wildman–Crippen MR) is 168 cm³/mol. The molecule has 1 radical (unpaired) electrons. The van der Waals surface area contributed by atoms with Gasteiger partial charge in [0.15, 0.2) is 0 Å². The van der Waals surface area contributed by atoms with Gasteiger partial charge in [-0.25, -0.2) is 4.98 Å². The third-order valence-electron chi connectivity index (χ3n) is 6.88. The van der Waals surface area contributed by atoms with Crippen LogP contribution in [0.2, 0.25) is 0 Å². The third kappa shape index (κ3) is 6.34. The van der Waals surface area contributed by atoms with Crippen LogP contribution in [0.15, 0.2) is 120 Å². The molecule has 213 valence electrons. The summed E-state index contributed by atoms with van der Waals surface area (Å²) in [6.07, 6.45) is -3.25. The van der Waals surface area contributed by atoms with Gasteiger partial charge in [0.05, 0.1) is 5.58 Å². The molecule has 0 saturated carbocycles. The molecular formula is C38H29IrN3O-2. The van der Waals surface area contributed by atoms with Crippen molar-refractivity contribution >= 4 is 22.1 Å². The van der Waals surface area contributed by atoms with Crippen LogP contribution in [0, 0.1) is 12.1 Å². The Labute approximate surface area is 273 Å². The number of benzene rings is 3. The summed E-state index contributed by atoms with van der Waals surface area (Å²) in [6, 6.07) is 39.1. The van der Waals surface area contributed by atoms with Crippen molar-refractivity contribution in [2.45, 2.75) is 32.0 Å². The molecule has 0 aliphatic heterocycles. The van der Waals surface area contributed by atoms with Crippen LogP contribution in [0.4, 0.5) is 0 Å². The minimum Gasteiger partial charge on any atom is -0.486 e. The Hall–Kier alpha value is -4.44. The number of rotatable bonds is 4. The van der Waals surface area contributed by atoms with E-state index in [1.54, 1.807) is 60.8 Å². The SMILES string of the molecule is [2H]C1([2H])CCC([2H])([2H])c2nc(-c3[c-]ccc4c3oc3nc(C([2H])([2H])c5ccccc5)ccc34)ccc21.[Ir].[c-]1ccccc1-c1ccccn1. The minimum absolute atomic E-state index is 0. The van der Waals surface area contributed by atoms with Gasteiger partial charge >= 0.3 is 0 Å². The summed E-state index contributed by atoms with van der Waals surface area (Å²) in [6.45, 7) is 0. The van der Waals surface area contributed by atoms with E-state index in [2.05, 4.69) is 27.1 Å². The zero-order chi connectivity index (χ0) is 33.5. The molecule has 1 aliphatic rings. The van der Waals surface area contributed by atoms with Gasteiger partial charge in [-0.1, -0.05) is 65.5 Å². The van der Waals surface area contributed by atoms with Crippen molar-refractivity contribution in [3.05, 3.63) is 150 Å². The van der Waals surface area contributed by atoms with Crippen LogP contribution in [0.5, 0.6) is 0 Å². The summed E-state index contributed by atoms with van der Waals surface area (Å²) in [5, 5.41) is 1.48. The molecule has 8 rings (SSSR count). The molecule has 1 aliphatic carbocycles. The number of furan rings is 1. The van der Waals surface area contributed by atoms with Crippen LogP contribution in [-0.4, -0.2) is 15.0 Å². The normalized spacial score (nSPS) is 16.9. The first kappa shape index (κ1) is 22.1. The van der Waals surface area contributed by atoms with Crippen molar-refractivity contribution in [2.75, 3.05) is 0 Å². The molecule has 4 nitrogen and oxygen atoms in total. The Morgan fingerprint density at radius 2 is 1.60 bits per heavy atom. The summed E-state index contributed by atoms with van der Waals surface area (Å²) in [7, 11) is 0. The van der Waals surface area contributed by atoms with E-state index < -0.39 is 19.1 Å². The van der Waals surface area contributed by atoms with Crippen molar-refractivity contribution in [1.82, 2.24) is 15.0 Å². The number of pyridine rings is 3. The van der Waals surface area contributed by atoms with Gasteiger partial charge in [0, 0.05) is 57.7 Å². The Balaban J connectivity index is 0.000000270. The van der Waals surface area contributed by atoms with Gasteiger partial charge in [-0.05, 0) is 66.3 Å². The van der Waals surface area contributed by atoms with E-state index >= 15 is 0 Å². The fourth-order valence-electron chi connectivity index (χ4n) is 4.88. The average molecular weight is 742 g/mol. The number of fused-ring (bicyclic) bond motifs is 4. The quantitative estimate of drug-likeness (QED) is 0.169. The van der Waals surface area contributed by atoms with E-state index in [9.17, 15) is 0 Å². The maximum atomic E-state index is 8.63. The first-order valence-corrected chi connectivity index (χ1v) is 13.8. The molecule has 0 spiro atoms. The van der Waals surface area contributed by atoms with Crippen molar-refractivity contribution in [3.63, 3.8) is 0 Å². The molecule has 0 N–H and O–H groups in total. The second-order valence-corrected chi connectivity index (χ2v) is 9.68. The third-order valence-corrected chi connectivity index (χ3v) is 6.88. The van der Waals surface area contributed by atoms with Crippen molar-refractivity contribution in [1.29, 1.82) is 0 Å². The maximum absolute atomic E-state index is 8.63. The van der Waals surface area contributed by atoms with Gasteiger partial charge < -0.3 is 14.4 Å². The summed E-state index contributed by atoms with van der Waals surface area (Å²) < 4.78 is 56.8. The Bertz CT molecular complexity index is 2190. The zero-order valence-electron chi connectivity index (χ0n) is 29.0. The van der Waals surface area contributed by atoms with Crippen LogP contribution in [0.1, 0.15) is 43.6 Å².